The summed E-state index contributed by atoms with van der Waals surface area (Å²) in [7, 11) is 2.15. The van der Waals surface area contributed by atoms with Crippen molar-refractivity contribution in [3.8, 4) is 5.69 Å². The monoisotopic (exact) mass is 452 g/mol. The standard InChI is InChI=1S/C26H22N2.3C2H6/c1-4-11-22-19(5-2)20-16-17-24-25(26(20)27(22)3)21-14-9-10-15-23(21)28(24)18-12-7-6-8-13-18;3*1-2/h4-17H,2H2,1,3H3;3*1-2H3/b11-4-;;;. The summed E-state index contributed by atoms with van der Waals surface area (Å²) in [6.07, 6.45) is 6.23. The molecule has 2 aromatic heterocycles. The first-order valence-electron chi connectivity index (χ1n) is 12.6. The van der Waals surface area contributed by atoms with Crippen molar-refractivity contribution in [2.75, 3.05) is 0 Å². The summed E-state index contributed by atoms with van der Waals surface area (Å²) in [5.74, 6) is 0. The molecule has 0 aliphatic heterocycles. The molecule has 2 heterocycles. The summed E-state index contributed by atoms with van der Waals surface area (Å²) in [5.41, 5.74) is 7.27. The summed E-state index contributed by atoms with van der Waals surface area (Å²) < 4.78 is 4.66. The molecule has 0 saturated carbocycles. The van der Waals surface area contributed by atoms with Gasteiger partial charge in [-0.1, -0.05) is 103 Å². The SMILES string of the molecule is C=Cc1c(/C=C\C)n(C)c2c1ccc1c2c2ccccc2n1-c1ccccc1.CC.CC.CC. The first-order valence-corrected chi connectivity index (χ1v) is 12.6. The zero-order valence-electron chi connectivity index (χ0n) is 22.2. The van der Waals surface area contributed by atoms with Crippen molar-refractivity contribution in [1.29, 1.82) is 0 Å². The van der Waals surface area contributed by atoms with E-state index in [4.69, 9.17) is 0 Å². The molecule has 0 N–H and O–H groups in total. The van der Waals surface area contributed by atoms with Crippen molar-refractivity contribution in [3.05, 3.63) is 90.6 Å². The number of aromatic nitrogens is 2. The second-order valence-electron chi connectivity index (χ2n) is 7.11. The number of benzene rings is 3. The van der Waals surface area contributed by atoms with Gasteiger partial charge in [-0.15, -0.1) is 0 Å². The first kappa shape index (κ1) is 26.7. The van der Waals surface area contributed by atoms with Gasteiger partial charge in [-0.05, 0) is 37.3 Å². The second-order valence-corrected chi connectivity index (χ2v) is 7.11. The van der Waals surface area contributed by atoms with Crippen LogP contribution in [-0.2, 0) is 7.05 Å². The van der Waals surface area contributed by atoms with E-state index in [-0.39, 0.29) is 0 Å². The molecule has 0 saturated heterocycles. The zero-order chi connectivity index (χ0) is 25.3. The molecule has 0 aliphatic carbocycles. The van der Waals surface area contributed by atoms with Crippen LogP contribution in [0.5, 0.6) is 0 Å². The summed E-state index contributed by atoms with van der Waals surface area (Å²) in [6.45, 7) is 18.1. The Morgan fingerprint density at radius 3 is 1.94 bits per heavy atom. The number of hydrogen-bond donors (Lipinski definition) is 0. The van der Waals surface area contributed by atoms with Crippen LogP contribution in [0.2, 0.25) is 0 Å². The van der Waals surface area contributed by atoms with Crippen LogP contribution < -0.4 is 0 Å². The van der Waals surface area contributed by atoms with E-state index in [9.17, 15) is 0 Å². The third-order valence-electron chi connectivity index (χ3n) is 5.62. The third-order valence-corrected chi connectivity index (χ3v) is 5.62. The lowest BCUT2D eigenvalue weighted by molar-refractivity contribution is 0.957. The van der Waals surface area contributed by atoms with Gasteiger partial charge in [0.1, 0.15) is 0 Å². The van der Waals surface area contributed by atoms with Gasteiger partial charge in [-0.2, -0.15) is 0 Å². The summed E-state index contributed by atoms with van der Waals surface area (Å²) >= 11 is 0. The Morgan fingerprint density at radius 1 is 0.706 bits per heavy atom. The van der Waals surface area contributed by atoms with E-state index in [2.05, 4.69) is 109 Å². The Balaban J connectivity index is 0.000000633. The molecule has 3 aromatic carbocycles. The van der Waals surface area contributed by atoms with Crippen molar-refractivity contribution >= 4 is 44.9 Å². The Bertz CT molecular complexity index is 1380. The molecule has 2 nitrogen and oxygen atoms in total. The Hall–Kier alpha value is -3.52. The lowest BCUT2D eigenvalue weighted by atomic mass is 10.1. The van der Waals surface area contributed by atoms with Gasteiger partial charge in [0.2, 0.25) is 0 Å². The zero-order valence-corrected chi connectivity index (χ0v) is 22.2. The van der Waals surface area contributed by atoms with Crippen molar-refractivity contribution in [3.63, 3.8) is 0 Å². The fourth-order valence-electron chi connectivity index (χ4n) is 4.48. The summed E-state index contributed by atoms with van der Waals surface area (Å²) in [6, 6.07) is 23.7. The topological polar surface area (TPSA) is 9.86 Å². The summed E-state index contributed by atoms with van der Waals surface area (Å²) in [5, 5.41) is 3.81. The number of rotatable bonds is 3. The van der Waals surface area contributed by atoms with Crippen molar-refractivity contribution in [2.45, 2.75) is 48.5 Å². The molecule has 0 unspecified atom stereocenters. The smallest absolute Gasteiger partial charge is 0.0590 e. The molecule has 0 bridgehead atoms. The van der Waals surface area contributed by atoms with E-state index in [1.54, 1.807) is 0 Å². The predicted octanol–water partition coefficient (Wildman–Crippen LogP) is 10.0. The van der Waals surface area contributed by atoms with Gasteiger partial charge in [0.25, 0.3) is 0 Å². The first-order chi connectivity index (χ1) is 16.8. The molecule has 0 radical (unpaired) electrons. The molecule has 178 valence electrons. The molecule has 2 heteroatoms. The van der Waals surface area contributed by atoms with E-state index in [1.165, 1.54) is 49.7 Å². The van der Waals surface area contributed by atoms with Crippen molar-refractivity contribution in [1.82, 2.24) is 9.13 Å². The Labute approximate surface area is 205 Å². The number of hydrogen-bond acceptors (Lipinski definition) is 0. The molecule has 0 fully saturated rings. The van der Waals surface area contributed by atoms with Crippen LogP contribution in [-0.4, -0.2) is 9.13 Å². The maximum atomic E-state index is 4.08. The summed E-state index contributed by atoms with van der Waals surface area (Å²) in [4.78, 5) is 0. The molecule has 0 amide bonds. The van der Waals surface area contributed by atoms with E-state index < -0.39 is 0 Å². The predicted molar refractivity (Wildman–Crippen MR) is 156 cm³/mol. The van der Waals surface area contributed by atoms with Crippen LogP contribution in [0.4, 0.5) is 0 Å². The number of nitrogens with zero attached hydrogens (tertiary/aromatic N) is 2. The van der Waals surface area contributed by atoms with E-state index >= 15 is 0 Å². The number of para-hydroxylation sites is 2. The van der Waals surface area contributed by atoms with Gasteiger partial charge < -0.3 is 9.13 Å². The second kappa shape index (κ2) is 12.6. The largest absolute Gasteiger partial charge is 0.343 e. The van der Waals surface area contributed by atoms with Gasteiger partial charge in [0, 0.05) is 40.2 Å². The van der Waals surface area contributed by atoms with Crippen LogP contribution in [0.15, 0.2) is 79.4 Å². The molecular formula is C32H40N2. The van der Waals surface area contributed by atoms with E-state index in [0.29, 0.717) is 0 Å². The number of aryl methyl sites for hydroxylation is 1. The lowest BCUT2D eigenvalue weighted by Gasteiger charge is -2.07. The highest BCUT2D eigenvalue weighted by molar-refractivity contribution is 6.22. The van der Waals surface area contributed by atoms with Gasteiger partial charge in [0.05, 0.1) is 16.6 Å². The van der Waals surface area contributed by atoms with Crippen LogP contribution in [0.3, 0.4) is 0 Å². The molecule has 0 aliphatic rings. The average Bonchev–Trinajstić information content (AvgIpc) is 3.40. The number of allylic oxidation sites excluding steroid dienone is 1. The van der Waals surface area contributed by atoms with Crippen molar-refractivity contribution in [2.24, 2.45) is 7.05 Å². The number of fused-ring (bicyclic) bond motifs is 5. The Morgan fingerprint density at radius 2 is 1.32 bits per heavy atom. The normalized spacial score (nSPS) is 10.4. The third kappa shape index (κ3) is 4.46. The maximum absolute atomic E-state index is 4.08. The van der Waals surface area contributed by atoms with Gasteiger partial charge in [-0.25, -0.2) is 0 Å². The van der Waals surface area contributed by atoms with Crippen LogP contribution in [0.1, 0.15) is 59.7 Å². The van der Waals surface area contributed by atoms with Crippen LogP contribution >= 0.6 is 0 Å². The lowest BCUT2D eigenvalue weighted by Crippen LogP contribution is -1.93. The highest BCUT2D eigenvalue weighted by Crippen LogP contribution is 2.39. The van der Waals surface area contributed by atoms with E-state index in [1.807, 2.05) is 47.6 Å². The van der Waals surface area contributed by atoms with Gasteiger partial charge in [0.15, 0.2) is 0 Å². The van der Waals surface area contributed by atoms with E-state index in [0.717, 1.165) is 0 Å². The molecular weight excluding hydrogens is 412 g/mol. The maximum Gasteiger partial charge on any atom is 0.0590 e. The molecule has 5 aromatic rings. The Kier molecular flexibility index (Phi) is 9.94. The molecule has 0 atom stereocenters. The fourth-order valence-corrected chi connectivity index (χ4v) is 4.48. The van der Waals surface area contributed by atoms with Crippen LogP contribution in [0, 0.1) is 0 Å². The molecule has 0 spiro atoms. The minimum Gasteiger partial charge on any atom is -0.343 e. The highest BCUT2D eigenvalue weighted by Gasteiger charge is 2.19. The fraction of sp³-hybridized carbons (Fsp3) is 0.250. The minimum absolute atomic E-state index is 1.18. The quantitative estimate of drug-likeness (QED) is 0.258. The molecule has 34 heavy (non-hydrogen) atoms. The average molecular weight is 453 g/mol. The van der Waals surface area contributed by atoms with Gasteiger partial charge in [-0.3, -0.25) is 0 Å². The van der Waals surface area contributed by atoms with Crippen molar-refractivity contribution < 1.29 is 0 Å². The highest BCUT2D eigenvalue weighted by atomic mass is 15.0. The van der Waals surface area contributed by atoms with Gasteiger partial charge >= 0.3 is 0 Å². The molecule has 5 rings (SSSR count). The minimum atomic E-state index is 1.18. The van der Waals surface area contributed by atoms with Crippen LogP contribution in [0.25, 0.3) is 50.5 Å².